The molecular weight excluding hydrogens is 482 g/mol. The molecule has 39 heavy (non-hydrogen) atoms. The van der Waals surface area contributed by atoms with Gasteiger partial charge in [0.1, 0.15) is 11.2 Å². The van der Waals surface area contributed by atoms with Gasteiger partial charge in [0.2, 0.25) is 5.91 Å². The van der Waals surface area contributed by atoms with Crippen LogP contribution in [0.3, 0.4) is 0 Å². The van der Waals surface area contributed by atoms with Crippen molar-refractivity contribution in [1.29, 1.82) is 5.26 Å². The fourth-order valence-electron chi connectivity index (χ4n) is 5.99. The van der Waals surface area contributed by atoms with Gasteiger partial charge >= 0.3 is 0 Å². The minimum atomic E-state index is -1.35. The van der Waals surface area contributed by atoms with Crippen molar-refractivity contribution in [3.63, 3.8) is 0 Å². The van der Waals surface area contributed by atoms with Crippen molar-refractivity contribution in [3.05, 3.63) is 107 Å². The number of benzene rings is 4. The number of fused-ring (bicyclic) bond motifs is 1. The maximum absolute atomic E-state index is 14.4. The fourth-order valence-corrected chi connectivity index (χ4v) is 5.99. The number of piperazine rings is 1. The summed E-state index contributed by atoms with van der Waals surface area (Å²) in [5.74, 6) is 0.00759. The molecule has 0 N–H and O–H groups in total. The summed E-state index contributed by atoms with van der Waals surface area (Å²) in [6.45, 7) is 8.66. The maximum atomic E-state index is 14.4. The Labute approximate surface area is 231 Å². The van der Waals surface area contributed by atoms with Crippen LogP contribution in [0.5, 0.6) is 5.75 Å². The topological polar surface area (TPSA) is 56.6 Å². The Bertz CT molecular complexity index is 1540. The molecule has 1 unspecified atom stereocenters. The molecule has 5 nitrogen and oxygen atoms in total. The number of carbonyl (C=O) groups excluding carboxylic acids is 1. The third-order valence-electron chi connectivity index (χ3n) is 8.32. The smallest absolute Gasteiger partial charge is 0.243 e. The van der Waals surface area contributed by atoms with Crippen molar-refractivity contribution in [2.24, 2.45) is 5.41 Å². The van der Waals surface area contributed by atoms with E-state index in [1.165, 1.54) is 16.8 Å². The molecule has 0 aliphatic carbocycles. The zero-order chi connectivity index (χ0) is 27.6. The van der Waals surface area contributed by atoms with Crippen LogP contribution in [0.25, 0.3) is 10.8 Å². The first kappa shape index (κ1) is 26.3. The Morgan fingerprint density at radius 1 is 0.872 bits per heavy atom. The predicted octanol–water partition coefficient (Wildman–Crippen LogP) is 6.48. The van der Waals surface area contributed by atoms with Gasteiger partial charge in [-0.3, -0.25) is 4.79 Å². The highest BCUT2D eigenvalue weighted by Crippen LogP contribution is 2.47. The zero-order valence-electron chi connectivity index (χ0n) is 23.1. The lowest BCUT2D eigenvalue weighted by molar-refractivity contribution is -0.139. The average Bonchev–Trinajstić information content (AvgIpc) is 2.98. The lowest BCUT2D eigenvalue weighted by Gasteiger charge is -2.41. The largest absolute Gasteiger partial charge is 0.496 e. The molecule has 1 aliphatic rings. The summed E-state index contributed by atoms with van der Waals surface area (Å²) >= 11 is 0. The number of nitrogens with zero attached hydrogens (tertiary/aromatic N) is 3. The first-order chi connectivity index (χ1) is 18.9. The van der Waals surface area contributed by atoms with E-state index in [1.807, 2.05) is 53.4 Å². The second-order valence-electron chi connectivity index (χ2n) is 10.6. The molecule has 4 aromatic carbocycles. The predicted molar refractivity (Wildman–Crippen MR) is 157 cm³/mol. The van der Waals surface area contributed by atoms with Gasteiger partial charge in [0.05, 0.1) is 13.2 Å². The summed E-state index contributed by atoms with van der Waals surface area (Å²) in [6.07, 6.45) is 0. The molecule has 0 radical (unpaired) electrons. The molecule has 5 heteroatoms. The minimum Gasteiger partial charge on any atom is -0.496 e. The van der Waals surface area contributed by atoms with Crippen LogP contribution in [0.4, 0.5) is 5.69 Å². The summed E-state index contributed by atoms with van der Waals surface area (Å²) in [5.41, 5.74) is 4.18. The van der Waals surface area contributed by atoms with Crippen LogP contribution in [0.15, 0.2) is 84.9 Å². The summed E-state index contributed by atoms with van der Waals surface area (Å²) in [7, 11) is 1.64. The van der Waals surface area contributed by atoms with Crippen molar-refractivity contribution in [3.8, 4) is 11.8 Å². The first-order valence-electron chi connectivity index (χ1n) is 13.5. The van der Waals surface area contributed by atoms with Crippen LogP contribution >= 0.6 is 0 Å². The highest BCUT2D eigenvalue weighted by atomic mass is 16.5. The molecule has 5 rings (SSSR count). The van der Waals surface area contributed by atoms with Gasteiger partial charge < -0.3 is 14.5 Å². The molecule has 1 saturated heterocycles. The van der Waals surface area contributed by atoms with E-state index in [0.717, 1.165) is 35.0 Å². The molecule has 0 spiro atoms. The Kier molecular flexibility index (Phi) is 7.30. The molecule has 1 aliphatic heterocycles. The lowest BCUT2D eigenvalue weighted by atomic mass is 9.68. The number of carbonyl (C=O) groups is 1. The van der Waals surface area contributed by atoms with E-state index in [0.29, 0.717) is 18.8 Å². The molecule has 1 fully saturated rings. The molecule has 2 atom stereocenters. The van der Waals surface area contributed by atoms with Gasteiger partial charge in [0.15, 0.2) is 0 Å². The fraction of sp³-hybridized carbons (Fsp3) is 0.294. The number of aryl methyl sites for hydroxylation is 1. The number of hydrogen-bond donors (Lipinski definition) is 0. The van der Waals surface area contributed by atoms with Gasteiger partial charge in [-0.2, -0.15) is 5.26 Å². The van der Waals surface area contributed by atoms with Crippen molar-refractivity contribution in [2.75, 3.05) is 38.2 Å². The third kappa shape index (κ3) is 4.72. The number of methoxy groups -OCH3 is 1. The number of rotatable bonds is 6. The van der Waals surface area contributed by atoms with Crippen molar-refractivity contribution >= 4 is 22.4 Å². The standard InChI is InChI=1S/C34H35N3O2/c1-24-11-9-17-30(25(24)2)36-19-21-37(22-20-36)33(38)34(3,23-35)32(29-15-7-8-18-31(29)39-4)28-16-10-13-26-12-5-6-14-27(26)28/h5-18,32H,19-22H2,1-4H3/t32?,34-/m1/s1. The monoisotopic (exact) mass is 517 g/mol. The minimum absolute atomic E-state index is 0.144. The van der Waals surface area contributed by atoms with Crippen LogP contribution < -0.4 is 9.64 Å². The quantitative estimate of drug-likeness (QED) is 0.294. The molecule has 0 bridgehead atoms. The summed E-state index contributed by atoms with van der Waals surface area (Å²) in [4.78, 5) is 18.6. The summed E-state index contributed by atoms with van der Waals surface area (Å²) in [6, 6.07) is 30.9. The molecule has 198 valence electrons. The summed E-state index contributed by atoms with van der Waals surface area (Å²) < 4.78 is 5.77. The van der Waals surface area contributed by atoms with Crippen LogP contribution in [-0.4, -0.2) is 44.1 Å². The Hall–Kier alpha value is -4.30. The number of para-hydroxylation sites is 1. The van der Waals surface area contributed by atoms with Gasteiger partial charge in [-0.15, -0.1) is 0 Å². The number of nitriles is 1. The zero-order valence-corrected chi connectivity index (χ0v) is 23.1. The SMILES string of the molecule is COc1ccccc1C(c1cccc2ccccc12)[C@@](C)(C#N)C(=O)N1CCN(c2cccc(C)c2C)CC1. The molecule has 1 heterocycles. The normalized spacial score (nSPS) is 15.9. The number of hydrogen-bond acceptors (Lipinski definition) is 4. The number of amides is 1. The molecule has 0 saturated carbocycles. The van der Waals surface area contributed by atoms with E-state index in [-0.39, 0.29) is 5.91 Å². The van der Waals surface area contributed by atoms with Crippen LogP contribution in [0, 0.1) is 30.6 Å². The van der Waals surface area contributed by atoms with Crippen LogP contribution in [0.1, 0.15) is 35.1 Å². The van der Waals surface area contributed by atoms with E-state index in [4.69, 9.17) is 4.74 Å². The van der Waals surface area contributed by atoms with Crippen LogP contribution in [-0.2, 0) is 4.79 Å². The maximum Gasteiger partial charge on any atom is 0.243 e. The van der Waals surface area contributed by atoms with E-state index in [9.17, 15) is 10.1 Å². The van der Waals surface area contributed by atoms with Crippen molar-refractivity contribution < 1.29 is 9.53 Å². The molecule has 4 aromatic rings. The molecular formula is C34H35N3O2. The van der Waals surface area contributed by atoms with E-state index in [2.05, 4.69) is 61.2 Å². The lowest BCUT2D eigenvalue weighted by Crippen LogP contribution is -2.54. The Balaban J connectivity index is 1.54. The third-order valence-corrected chi connectivity index (χ3v) is 8.32. The van der Waals surface area contributed by atoms with E-state index >= 15 is 0 Å². The highest BCUT2D eigenvalue weighted by Gasteiger charge is 2.47. The molecule has 1 amide bonds. The summed E-state index contributed by atoms with van der Waals surface area (Å²) in [5, 5.41) is 12.9. The van der Waals surface area contributed by atoms with E-state index < -0.39 is 11.3 Å². The molecule has 0 aromatic heterocycles. The second-order valence-corrected chi connectivity index (χ2v) is 10.6. The first-order valence-corrected chi connectivity index (χ1v) is 13.5. The van der Waals surface area contributed by atoms with Gasteiger partial charge in [0.25, 0.3) is 0 Å². The van der Waals surface area contributed by atoms with Gasteiger partial charge in [-0.05, 0) is 60.4 Å². The average molecular weight is 518 g/mol. The van der Waals surface area contributed by atoms with Gasteiger partial charge in [-0.1, -0.05) is 72.8 Å². The van der Waals surface area contributed by atoms with Crippen molar-refractivity contribution in [1.82, 2.24) is 4.90 Å². The Morgan fingerprint density at radius 2 is 1.51 bits per heavy atom. The number of ether oxygens (including phenoxy) is 1. The second kappa shape index (κ2) is 10.8. The highest BCUT2D eigenvalue weighted by molar-refractivity contribution is 5.91. The van der Waals surface area contributed by atoms with Crippen LogP contribution in [0.2, 0.25) is 0 Å². The Morgan fingerprint density at radius 3 is 2.26 bits per heavy atom. The number of anilines is 1. The van der Waals surface area contributed by atoms with Gasteiger partial charge in [0, 0.05) is 43.3 Å². The van der Waals surface area contributed by atoms with Crippen molar-refractivity contribution in [2.45, 2.75) is 26.7 Å². The van der Waals surface area contributed by atoms with Gasteiger partial charge in [-0.25, -0.2) is 0 Å². The van der Waals surface area contributed by atoms with E-state index in [1.54, 1.807) is 14.0 Å².